The first-order valence-electron chi connectivity index (χ1n) is 10.8. The van der Waals surface area contributed by atoms with Crippen LogP contribution in [0.5, 0.6) is 11.5 Å². The summed E-state index contributed by atoms with van der Waals surface area (Å²) in [5.74, 6) is -2.72. The summed E-state index contributed by atoms with van der Waals surface area (Å²) in [6.45, 7) is 0.0158. The molecule has 0 bridgehead atoms. The smallest absolute Gasteiger partial charge is 0.335 e. The lowest BCUT2D eigenvalue weighted by molar-refractivity contribution is -0.140. The van der Waals surface area contributed by atoms with E-state index in [-0.39, 0.29) is 39.8 Å². The van der Waals surface area contributed by atoms with Crippen LogP contribution in [-0.2, 0) is 16.1 Å². The summed E-state index contributed by atoms with van der Waals surface area (Å²) >= 11 is 6.20. The van der Waals surface area contributed by atoms with E-state index in [0.29, 0.717) is 11.1 Å². The Morgan fingerprint density at radius 3 is 2.17 bits per heavy atom. The quantitative estimate of drug-likeness (QED) is 0.271. The Bertz CT molecular complexity index is 1370. The standard InChI is InChI=1S/C27H22ClNO7/c1-35-20-13-19(28)21(36-2)12-18(20)24(30)22-23(16-6-4-3-5-7-16)29(26(32)25(22)31)14-15-8-10-17(11-9-15)27(33)34/h3-13,23,30H,14H2,1-2H3,(H,33,34)/b24-22+. The Balaban J connectivity index is 1.87. The number of amides is 1. The molecule has 1 saturated heterocycles. The SMILES string of the molecule is COc1cc(/C(O)=C2\C(=O)C(=O)N(Cc3ccc(C(=O)O)cc3)C2c2ccccc2)c(OC)cc1Cl. The van der Waals surface area contributed by atoms with E-state index in [1.807, 2.05) is 0 Å². The number of aliphatic hydroxyl groups is 1. The third-order valence-electron chi connectivity index (χ3n) is 5.94. The number of halogens is 1. The van der Waals surface area contributed by atoms with Crippen molar-refractivity contribution in [3.63, 3.8) is 0 Å². The number of ether oxygens (including phenoxy) is 2. The third kappa shape index (κ3) is 4.50. The number of hydrogen-bond donors (Lipinski definition) is 2. The summed E-state index contributed by atoms with van der Waals surface area (Å²) < 4.78 is 10.6. The minimum atomic E-state index is -1.07. The summed E-state index contributed by atoms with van der Waals surface area (Å²) in [7, 11) is 2.80. The summed E-state index contributed by atoms with van der Waals surface area (Å²) in [4.78, 5) is 39.0. The summed E-state index contributed by atoms with van der Waals surface area (Å²) in [6, 6.07) is 16.8. The Morgan fingerprint density at radius 2 is 1.58 bits per heavy atom. The number of hydrogen-bond acceptors (Lipinski definition) is 6. The van der Waals surface area contributed by atoms with Gasteiger partial charge in [-0.05, 0) is 29.3 Å². The van der Waals surface area contributed by atoms with E-state index in [4.69, 9.17) is 26.2 Å². The van der Waals surface area contributed by atoms with Crippen molar-refractivity contribution in [1.29, 1.82) is 0 Å². The van der Waals surface area contributed by atoms with E-state index in [9.17, 15) is 19.5 Å². The minimum absolute atomic E-state index is 0.0158. The number of aromatic carboxylic acids is 1. The van der Waals surface area contributed by atoms with Crippen LogP contribution < -0.4 is 9.47 Å². The van der Waals surface area contributed by atoms with Crippen molar-refractivity contribution in [3.05, 3.63) is 99.6 Å². The molecule has 0 radical (unpaired) electrons. The highest BCUT2D eigenvalue weighted by molar-refractivity contribution is 6.46. The average Bonchev–Trinajstić information content (AvgIpc) is 3.13. The van der Waals surface area contributed by atoms with Crippen LogP contribution in [0.1, 0.15) is 33.1 Å². The van der Waals surface area contributed by atoms with Crippen molar-refractivity contribution >= 4 is 35.0 Å². The number of rotatable bonds is 7. The van der Waals surface area contributed by atoms with Gasteiger partial charge in [-0.3, -0.25) is 9.59 Å². The maximum absolute atomic E-state index is 13.3. The molecule has 2 N–H and O–H groups in total. The first-order valence-corrected chi connectivity index (χ1v) is 11.2. The highest BCUT2D eigenvalue weighted by atomic mass is 35.5. The third-order valence-corrected chi connectivity index (χ3v) is 6.23. The topological polar surface area (TPSA) is 113 Å². The first-order chi connectivity index (χ1) is 17.3. The van der Waals surface area contributed by atoms with E-state index >= 15 is 0 Å². The molecular formula is C27H22ClNO7. The second kappa shape index (κ2) is 10.1. The van der Waals surface area contributed by atoms with Crippen molar-refractivity contribution < 1.29 is 34.1 Å². The molecule has 0 spiro atoms. The molecule has 8 nitrogen and oxygen atoms in total. The molecule has 1 fully saturated rings. The predicted molar refractivity (Wildman–Crippen MR) is 132 cm³/mol. The number of carboxylic acids is 1. The number of nitrogens with zero attached hydrogens (tertiary/aromatic N) is 1. The van der Waals surface area contributed by atoms with E-state index < -0.39 is 29.5 Å². The van der Waals surface area contributed by atoms with Gasteiger partial charge < -0.3 is 24.6 Å². The van der Waals surface area contributed by atoms with Crippen molar-refractivity contribution in [2.45, 2.75) is 12.6 Å². The molecule has 1 amide bonds. The van der Waals surface area contributed by atoms with Crippen molar-refractivity contribution in [2.75, 3.05) is 14.2 Å². The Labute approximate surface area is 211 Å². The molecule has 1 aliphatic heterocycles. The van der Waals surface area contributed by atoms with Crippen LogP contribution in [0.4, 0.5) is 0 Å². The van der Waals surface area contributed by atoms with Gasteiger partial charge in [0.25, 0.3) is 11.7 Å². The minimum Gasteiger partial charge on any atom is -0.507 e. The number of methoxy groups -OCH3 is 2. The number of carboxylic acid groups (broad SMARTS) is 1. The lowest BCUT2D eigenvalue weighted by Gasteiger charge is -2.25. The van der Waals surface area contributed by atoms with Gasteiger partial charge in [-0.25, -0.2) is 4.79 Å². The average molecular weight is 508 g/mol. The normalized spacial score (nSPS) is 16.8. The predicted octanol–water partition coefficient (Wildman–Crippen LogP) is 4.68. The molecule has 184 valence electrons. The molecule has 0 aromatic heterocycles. The number of aliphatic hydroxyl groups excluding tert-OH is 1. The Hall–Kier alpha value is -4.30. The van der Waals surface area contributed by atoms with Gasteiger partial charge >= 0.3 is 5.97 Å². The van der Waals surface area contributed by atoms with Gasteiger partial charge in [-0.15, -0.1) is 0 Å². The number of carbonyl (C=O) groups excluding carboxylic acids is 2. The van der Waals surface area contributed by atoms with Gasteiger partial charge in [0.1, 0.15) is 17.3 Å². The molecule has 3 aromatic rings. The van der Waals surface area contributed by atoms with E-state index in [1.165, 1.54) is 43.4 Å². The maximum Gasteiger partial charge on any atom is 0.335 e. The number of benzene rings is 3. The number of ketones is 1. The Morgan fingerprint density at radius 1 is 0.944 bits per heavy atom. The zero-order valence-electron chi connectivity index (χ0n) is 19.4. The number of likely N-dealkylation sites (tertiary alicyclic amines) is 1. The Kier molecular flexibility index (Phi) is 6.98. The zero-order chi connectivity index (χ0) is 26.0. The molecule has 1 aliphatic rings. The molecule has 1 atom stereocenters. The second-order valence-corrected chi connectivity index (χ2v) is 8.43. The molecule has 0 saturated carbocycles. The molecule has 1 unspecified atom stereocenters. The highest BCUT2D eigenvalue weighted by Gasteiger charge is 2.46. The van der Waals surface area contributed by atoms with Crippen LogP contribution >= 0.6 is 11.6 Å². The molecule has 1 heterocycles. The van der Waals surface area contributed by atoms with Crippen LogP contribution in [0.25, 0.3) is 5.76 Å². The van der Waals surface area contributed by atoms with Crippen LogP contribution in [0.2, 0.25) is 5.02 Å². The first kappa shape index (κ1) is 24.8. The van der Waals surface area contributed by atoms with Gasteiger partial charge in [-0.2, -0.15) is 0 Å². The second-order valence-electron chi connectivity index (χ2n) is 8.03. The van der Waals surface area contributed by atoms with Crippen molar-refractivity contribution in [1.82, 2.24) is 4.90 Å². The molecule has 36 heavy (non-hydrogen) atoms. The zero-order valence-corrected chi connectivity index (χ0v) is 20.2. The van der Waals surface area contributed by atoms with E-state index in [2.05, 4.69) is 0 Å². The largest absolute Gasteiger partial charge is 0.507 e. The van der Waals surface area contributed by atoms with Crippen LogP contribution in [0.3, 0.4) is 0 Å². The van der Waals surface area contributed by atoms with Crippen LogP contribution in [0.15, 0.2) is 72.3 Å². The maximum atomic E-state index is 13.3. The lowest BCUT2D eigenvalue weighted by Crippen LogP contribution is -2.29. The number of Topliss-reactive ketones (excluding diaryl/α,β-unsaturated/α-hetero) is 1. The van der Waals surface area contributed by atoms with Crippen molar-refractivity contribution in [3.8, 4) is 11.5 Å². The van der Waals surface area contributed by atoms with E-state index in [0.717, 1.165) is 0 Å². The fourth-order valence-electron chi connectivity index (χ4n) is 4.16. The summed E-state index contributed by atoms with van der Waals surface area (Å²) in [6.07, 6.45) is 0. The fourth-order valence-corrected chi connectivity index (χ4v) is 4.40. The molecule has 9 heteroatoms. The molecule has 3 aromatic carbocycles. The monoisotopic (exact) mass is 507 g/mol. The number of carbonyl (C=O) groups is 3. The van der Waals surface area contributed by atoms with Gasteiger partial charge in [0.15, 0.2) is 0 Å². The molecule has 0 aliphatic carbocycles. The van der Waals surface area contributed by atoms with Crippen molar-refractivity contribution in [2.24, 2.45) is 0 Å². The lowest BCUT2D eigenvalue weighted by atomic mass is 9.94. The fraction of sp³-hybridized carbons (Fsp3) is 0.148. The van der Waals surface area contributed by atoms with Gasteiger partial charge in [0.05, 0.1) is 42.0 Å². The van der Waals surface area contributed by atoms with Gasteiger partial charge in [-0.1, -0.05) is 54.1 Å². The van der Waals surface area contributed by atoms with Crippen LogP contribution in [0, 0.1) is 0 Å². The van der Waals surface area contributed by atoms with Gasteiger partial charge in [0, 0.05) is 12.6 Å². The highest BCUT2D eigenvalue weighted by Crippen LogP contribution is 2.43. The molecular weight excluding hydrogens is 486 g/mol. The van der Waals surface area contributed by atoms with Gasteiger partial charge in [0.2, 0.25) is 0 Å². The molecule has 4 rings (SSSR count). The van der Waals surface area contributed by atoms with E-state index in [1.54, 1.807) is 42.5 Å². The summed E-state index contributed by atoms with van der Waals surface area (Å²) in [5.41, 5.74) is 1.36. The summed E-state index contributed by atoms with van der Waals surface area (Å²) in [5, 5.41) is 20.8. The van der Waals surface area contributed by atoms with Crippen LogP contribution in [-0.4, -0.2) is 47.0 Å².